The molecule has 0 atom stereocenters. The van der Waals surface area contributed by atoms with Crippen molar-refractivity contribution in [1.29, 1.82) is 0 Å². The van der Waals surface area contributed by atoms with Gasteiger partial charge in [-0.1, -0.05) is 24.3 Å². The van der Waals surface area contributed by atoms with Crippen LogP contribution in [0, 0.1) is 0 Å². The van der Waals surface area contributed by atoms with Crippen LogP contribution in [0.3, 0.4) is 0 Å². The largest absolute Gasteiger partial charge is 0.468 e. The quantitative estimate of drug-likeness (QED) is 0.234. The molecule has 0 bridgehead atoms. The minimum absolute atomic E-state index is 0. The molecule has 0 saturated carbocycles. The molecule has 0 fully saturated rings. The first-order valence-corrected chi connectivity index (χ1v) is 9.01. The Labute approximate surface area is 179 Å². The number of ether oxygens (including phenoxy) is 1. The van der Waals surface area contributed by atoms with E-state index in [0.29, 0.717) is 13.2 Å². The van der Waals surface area contributed by atoms with Crippen LogP contribution in [0.25, 0.3) is 0 Å². The molecule has 0 unspecified atom stereocenters. The fraction of sp³-hybridized carbons (Fsp3) is 0.450. The van der Waals surface area contributed by atoms with Gasteiger partial charge in [0.15, 0.2) is 5.96 Å². The van der Waals surface area contributed by atoms with Crippen LogP contribution in [0.1, 0.15) is 23.8 Å². The maximum Gasteiger partial charge on any atom is 0.191 e. The van der Waals surface area contributed by atoms with Gasteiger partial charge in [0, 0.05) is 26.7 Å². The molecule has 7 heteroatoms. The minimum atomic E-state index is 0. The summed E-state index contributed by atoms with van der Waals surface area (Å²) >= 11 is 0. The number of nitrogens with zero attached hydrogens (tertiary/aromatic N) is 2. The fourth-order valence-electron chi connectivity index (χ4n) is 2.66. The van der Waals surface area contributed by atoms with E-state index in [2.05, 4.69) is 53.8 Å². The molecule has 0 saturated heterocycles. The molecule has 0 aliphatic rings. The van der Waals surface area contributed by atoms with Gasteiger partial charge >= 0.3 is 0 Å². The number of aliphatic imine (C=N–C) groups is 1. The molecule has 0 amide bonds. The molecule has 0 aliphatic heterocycles. The predicted molar refractivity (Wildman–Crippen MR) is 120 cm³/mol. The molecule has 150 valence electrons. The van der Waals surface area contributed by atoms with E-state index in [9.17, 15) is 0 Å². The van der Waals surface area contributed by atoms with Gasteiger partial charge in [-0.2, -0.15) is 0 Å². The molecule has 0 spiro atoms. The van der Waals surface area contributed by atoms with Crippen LogP contribution < -0.4 is 10.6 Å². The van der Waals surface area contributed by atoms with E-state index < -0.39 is 0 Å². The highest BCUT2D eigenvalue weighted by Crippen LogP contribution is 2.14. The van der Waals surface area contributed by atoms with E-state index in [1.165, 1.54) is 11.1 Å². The highest BCUT2D eigenvalue weighted by atomic mass is 127. The van der Waals surface area contributed by atoms with Gasteiger partial charge in [-0.25, -0.2) is 4.99 Å². The highest BCUT2D eigenvalue weighted by Gasteiger charge is 2.07. The van der Waals surface area contributed by atoms with Gasteiger partial charge < -0.3 is 19.8 Å². The normalized spacial score (nSPS) is 11.3. The van der Waals surface area contributed by atoms with Crippen molar-refractivity contribution >= 4 is 29.9 Å². The molecular weight excluding hydrogens is 455 g/mol. The standard InChI is InChI=1S/C20H30N4O2.HI/c1-4-21-20(22-11-13-25-3)23-14-17-8-5-6-9-18(17)15-24(2)16-19-10-7-12-26-19;/h5-10,12H,4,11,13-16H2,1-3H3,(H2,21,22,23);1H. The molecule has 6 nitrogen and oxygen atoms in total. The second-order valence-corrected chi connectivity index (χ2v) is 6.14. The molecule has 1 aromatic carbocycles. The van der Waals surface area contributed by atoms with Crippen molar-refractivity contribution in [1.82, 2.24) is 15.5 Å². The van der Waals surface area contributed by atoms with Crippen LogP contribution in [0.15, 0.2) is 52.1 Å². The van der Waals surface area contributed by atoms with Gasteiger partial charge in [0.05, 0.1) is 26.0 Å². The van der Waals surface area contributed by atoms with Gasteiger partial charge in [-0.05, 0) is 37.2 Å². The maximum absolute atomic E-state index is 5.43. The molecule has 27 heavy (non-hydrogen) atoms. The minimum Gasteiger partial charge on any atom is -0.468 e. The first kappa shape index (κ1) is 23.5. The number of guanidine groups is 1. The van der Waals surface area contributed by atoms with E-state index in [1.54, 1.807) is 13.4 Å². The highest BCUT2D eigenvalue weighted by molar-refractivity contribution is 14.0. The molecule has 2 rings (SSSR count). The third kappa shape index (κ3) is 8.77. The topological polar surface area (TPSA) is 62.0 Å². The van der Waals surface area contributed by atoms with Crippen LogP contribution in [0.2, 0.25) is 0 Å². The zero-order chi connectivity index (χ0) is 18.6. The Bertz CT molecular complexity index is 662. The summed E-state index contributed by atoms with van der Waals surface area (Å²) in [7, 11) is 3.79. The van der Waals surface area contributed by atoms with Crippen molar-refractivity contribution in [3.05, 3.63) is 59.5 Å². The lowest BCUT2D eigenvalue weighted by molar-refractivity contribution is 0.203. The Hall–Kier alpha value is -1.58. The number of rotatable bonds is 10. The monoisotopic (exact) mass is 486 g/mol. The summed E-state index contributed by atoms with van der Waals surface area (Å²) in [5, 5.41) is 6.54. The first-order valence-electron chi connectivity index (χ1n) is 9.01. The molecule has 1 heterocycles. The number of furan rings is 1. The summed E-state index contributed by atoms with van der Waals surface area (Å²) in [6, 6.07) is 12.4. The molecular formula is C20H31IN4O2. The average molecular weight is 486 g/mol. The van der Waals surface area contributed by atoms with Gasteiger partial charge in [0.25, 0.3) is 0 Å². The van der Waals surface area contributed by atoms with E-state index >= 15 is 0 Å². The van der Waals surface area contributed by atoms with Crippen molar-refractivity contribution in [2.45, 2.75) is 26.6 Å². The second kappa shape index (κ2) is 13.6. The number of nitrogens with one attached hydrogen (secondary N) is 2. The Morgan fingerprint density at radius 1 is 1.11 bits per heavy atom. The molecule has 0 radical (unpaired) electrons. The van der Waals surface area contributed by atoms with E-state index in [-0.39, 0.29) is 24.0 Å². The second-order valence-electron chi connectivity index (χ2n) is 6.14. The Balaban J connectivity index is 0.00000364. The lowest BCUT2D eigenvalue weighted by atomic mass is 10.1. The van der Waals surface area contributed by atoms with Crippen LogP contribution in [0.5, 0.6) is 0 Å². The van der Waals surface area contributed by atoms with Gasteiger partial charge in [-0.15, -0.1) is 24.0 Å². The van der Waals surface area contributed by atoms with Crippen molar-refractivity contribution < 1.29 is 9.15 Å². The lowest BCUT2D eigenvalue weighted by Gasteiger charge is -2.17. The maximum atomic E-state index is 5.43. The number of halogens is 1. The van der Waals surface area contributed by atoms with Crippen molar-refractivity contribution in [3.63, 3.8) is 0 Å². The Kier molecular flexibility index (Phi) is 11.8. The van der Waals surface area contributed by atoms with E-state index in [0.717, 1.165) is 37.9 Å². The summed E-state index contributed by atoms with van der Waals surface area (Å²) in [4.78, 5) is 6.94. The number of methoxy groups -OCH3 is 1. The SMILES string of the molecule is CCNC(=NCc1ccccc1CN(C)Cc1ccco1)NCCOC.I. The van der Waals surface area contributed by atoms with Crippen molar-refractivity contribution in [3.8, 4) is 0 Å². The lowest BCUT2D eigenvalue weighted by Crippen LogP contribution is -2.38. The van der Waals surface area contributed by atoms with Gasteiger partial charge in [0.1, 0.15) is 5.76 Å². The zero-order valence-electron chi connectivity index (χ0n) is 16.4. The Morgan fingerprint density at radius 3 is 2.56 bits per heavy atom. The van der Waals surface area contributed by atoms with Crippen molar-refractivity contribution in [2.24, 2.45) is 4.99 Å². The first-order chi connectivity index (χ1) is 12.7. The van der Waals surface area contributed by atoms with E-state index in [4.69, 9.17) is 14.1 Å². The van der Waals surface area contributed by atoms with Crippen LogP contribution >= 0.6 is 24.0 Å². The van der Waals surface area contributed by atoms with Crippen molar-refractivity contribution in [2.75, 3.05) is 33.9 Å². The van der Waals surface area contributed by atoms with Crippen LogP contribution in [-0.2, 0) is 24.4 Å². The molecule has 0 aliphatic carbocycles. The number of hydrogen-bond donors (Lipinski definition) is 2. The molecule has 1 aromatic heterocycles. The summed E-state index contributed by atoms with van der Waals surface area (Å²) in [5.74, 6) is 1.78. The van der Waals surface area contributed by atoms with Crippen LogP contribution in [-0.4, -0.2) is 44.7 Å². The zero-order valence-corrected chi connectivity index (χ0v) is 18.7. The average Bonchev–Trinajstić information content (AvgIpc) is 3.13. The number of hydrogen-bond acceptors (Lipinski definition) is 4. The molecule has 2 aromatic rings. The summed E-state index contributed by atoms with van der Waals surface area (Å²) in [6.07, 6.45) is 1.71. The number of benzene rings is 1. The predicted octanol–water partition coefficient (Wildman–Crippen LogP) is 3.23. The fourth-order valence-corrected chi connectivity index (χ4v) is 2.66. The Morgan fingerprint density at radius 2 is 1.89 bits per heavy atom. The third-order valence-electron chi connectivity index (χ3n) is 3.91. The summed E-state index contributed by atoms with van der Waals surface area (Å²) in [6.45, 7) is 6.53. The summed E-state index contributed by atoms with van der Waals surface area (Å²) < 4.78 is 10.5. The smallest absolute Gasteiger partial charge is 0.191 e. The third-order valence-corrected chi connectivity index (χ3v) is 3.91. The molecule has 2 N–H and O–H groups in total. The van der Waals surface area contributed by atoms with Gasteiger partial charge in [-0.3, -0.25) is 4.90 Å². The van der Waals surface area contributed by atoms with Crippen LogP contribution in [0.4, 0.5) is 0 Å². The van der Waals surface area contributed by atoms with E-state index in [1.807, 2.05) is 12.1 Å². The summed E-state index contributed by atoms with van der Waals surface area (Å²) in [5.41, 5.74) is 2.50. The van der Waals surface area contributed by atoms with Gasteiger partial charge in [0.2, 0.25) is 0 Å².